The number of benzene rings is 2. The first kappa shape index (κ1) is 16.1. The van der Waals surface area contributed by atoms with Gasteiger partial charge in [0.25, 0.3) is 10.0 Å². The summed E-state index contributed by atoms with van der Waals surface area (Å²) in [4.78, 5) is 0.999. The van der Waals surface area contributed by atoms with E-state index >= 15 is 0 Å². The van der Waals surface area contributed by atoms with Crippen molar-refractivity contribution in [2.45, 2.75) is 17.6 Å². The molecule has 7 heteroatoms. The number of rotatable bonds is 4. The minimum Gasteiger partial charge on any atom is -0.506 e. The minimum atomic E-state index is -3.70. The average molecular weight is 368 g/mol. The quantitative estimate of drug-likeness (QED) is 0.661. The van der Waals surface area contributed by atoms with Crippen molar-refractivity contribution in [3.05, 3.63) is 52.4 Å². The summed E-state index contributed by atoms with van der Waals surface area (Å²) in [7, 11) is -3.70. The number of aryl methyl sites for hydroxylation is 1. The number of aromatic hydroxyl groups is 1. The number of phenols is 1. The molecule has 0 aliphatic carbocycles. The number of thiophene rings is 1. The van der Waals surface area contributed by atoms with Crippen molar-refractivity contribution in [2.24, 2.45) is 0 Å². The molecule has 4 nitrogen and oxygen atoms in total. The van der Waals surface area contributed by atoms with Gasteiger partial charge in [-0.05, 0) is 24.6 Å². The molecule has 0 aliphatic rings. The fraction of sp³-hybridized carbons (Fsp3) is 0.125. The van der Waals surface area contributed by atoms with E-state index in [1.165, 1.54) is 17.4 Å². The molecular formula is C16H14ClNO3S2. The number of hydrogen-bond donors (Lipinski definition) is 2. The summed E-state index contributed by atoms with van der Waals surface area (Å²) >= 11 is 7.25. The maximum atomic E-state index is 12.6. The van der Waals surface area contributed by atoms with E-state index in [-0.39, 0.29) is 15.0 Å². The molecule has 0 bridgehead atoms. The van der Waals surface area contributed by atoms with Gasteiger partial charge in [-0.3, -0.25) is 4.72 Å². The molecule has 0 saturated carbocycles. The van der Waals surface area contributed by atoms with Crippen LogP contribution in [0.3, 0.4) is 0 Å². The number of hydrogen-bond acceptors (Lipinski definition) is 4. The maximum absolute atomic E-state index is 12.6. The van der Waals surface area contributed by atoms with Gasteiger partial charge in [-0.15, -0.1) is 11.3 Å². The standard InChI is InChI=1S/C16H14ClNO3S2/c1-2-10-7-8-15(22-10)23(20,21)18-14-9-13(17)16(19)12-6-4-3-5-11(12)14/h3-9,18-19H,2H2,1H3. The lowest BCUT2D eigenvalue weighted by Gasteiger charge is -2.12. The van der Waals surface area contributed by atoms with E-state index in [2.05, 4.69) is 4.72 Å². The first-order valence-electron chi connectivity index (χ1n) is 6.94. The van der Waals surface area contributed by atoms with Gasteiger partial charge in [-0.1, -0.05) is 42.8 Å². The van der Waals surface area contributed by atoms with Crippen LogP contribution in [0.2, 0.25) is 5.02 Å². The summed E-state index contributed by atoms with van der Waals surface area (Å²) < 4.78 is 28.0. The molecule has 0 atom stereocenters. The normalized spacial score (nSPS) is 11.7. The molecule has 0 amide bonds. The zero-order valence-electron chi connectivity index (χ0n) is 12.2. The van der Waals surface area contributed by atoms with Crippen LogP contribution in [0.1, 0.15) is 11.8 Å². The van der Waals surface area contributed by atoms with Crippen LogP contribution < -0.4 is 4.72 Å². The van der Waals surface area contributed by atoms with E-state index in [1.807, 2.05) is 6.92 Å². The van der Waals surface area contributed by atoms with E-state index in [0.29, 0.717) is 16.5 Å². The number of sulfonamides is 1. The molecule has 2 N–H and O–H groups in total. The molecule has 1 aromatic heterocycles. The first-order chi connectivity index (χ1) is 10.9. The molecule has 3 rings (SSSR count). The van der Waals surface area contributed by atoms with Crippen molar-refractivity contribution < 1.29 is 13.5 Å². The van der Waals surface area contributed by atoms with Crippen LogP contribution in [-0.2, 0) is 16.4 Å². The van der Waals surface area contributed by atoms with Gasteiger partial charge in [0.2, 0.25) is 0 Å². The van der Waals surface area contributed by atoms with Crippen LogP contribution in [0.4, 0.5) is 5.69 Å². The van der Waals surface area contributed by atoms with Crippen LogP contribution in [0, 0.1) is 0 Å². The van der Waals surface area contributed by atoms with E-state index in [4.69, 9.17) is 11.6 Å². The molecule has 3 aromatic rings. The Bertz CT molecular complexity index is 980. The van der Waals surface area contributed by atoms with Crippen molar-refractivity contribution >= 4 is 49.4 Å². The first-order valence-corrected chi connectivity index (χ1v) is 9.62. The Hall–Kier alpha value is -1.76. The minimum absolute atomic E-state index is 0.0605. The highest BCUT2D eigenvalue weighted by Crippen LogP contribution is 2.38. The lowest BCUT2D eigenvalue weighted by Crippen LogP contribution is -2.11. The maximum Gasteiger partial charge on any atom is 0.271 e. The van der Waals surface area contributed by atoms with Crippen molar-refractivity contribution in [3.8, 4) is 5.75 Å². The zero-order chi connectivity index (χ0) is 16.6. The second-order valence-corrected chi connectivity index (χ2v) is 8.46. The largest absolute Gasteiger partial charge is 0.506 e. The van der Waals surface area contributed by atoms with Crippen molar-refractivity contribution in [3.63, 3.8) is 0 Å². The molecule has 0 aliphatic heterocycles. The Balaban J connectivity index is 2.09. The summed E-state index contributed by atoms with van der Waals surface area (Å²) in [6.45, 7) is 1.98. The lowest BCUT2D eigenvalue weighted by molar-refractivity contribution is 0.482. The summed E-state index contributed by atoms with van der Waals surface area (Å²) in [5.41, 5.74) is 0.342. The third kappa shape index (κ3) is 3.02. The number of phenolic OH excluding ortho intramolecular Hbond substituents is 1. The monoisotopic (exact) mass is 367 g/mol. The second-order valence-electron chi connectivity index (χ2n) is 4.98. The SMILES string of the molecule is CCc1ccc(S(=O)(=O)Nc2cc(Cl)c(O)c3ccccc23)s1. The van der Waals surface area contributed by atoms with Crippen LogP contribution in [0.15, 0.2) is 46.7 Å². The van der Waals surface area contributed by atoms with Gasteiger partial charge in [0.15, 0.2) is 0 Å². The fourth-order valence-electron chi connectivity index (χ4n) is 2.30. The Labute approximate surface area is 143 Å². The summed E-state index contributed by atoms with van der Waals surface area (Å²) in [5.74, 6) is -0.0605. The van der Waals surface area contributed by atoms with Crippen molar-refractivity contribution in [1.82, 2.24) is 0 Å². The van der Waals surface area contributed by atoms with Gasteiger partial charge >= 0.3 is 0 Å². The number of anilines is 1. The Morgan fingerprint density at radius 1 is 1.17 bits per heavy atom. The number of nitrogens with one attached hydrogen (secondary N) is 1. The van der Waals surface area contributed by atoms with Crippen LogP contribution in [-0.4, -0.2) is 13.5 Å². The van der Waals surface area contributed by atoms with Gasteiger partial charge in [0.05, 0.1) is 10.7 Å². The summed E-state index contributed by atoms with van der Waals surface area (Å²) in [6, 6.07) is 11.8. The third-order valence-corrected chi connectivity index (χ3v) is 6.84. The number of halogens is 1. The average Bonchev–Trinajstić information content (AvgIpc) is 3.02. The summed E-state index contributed by atoms with van der Waals surface area (Å²) in [6.07, 6.45) is 0.786. The highest BCUT2D eigenvalue weighted by Gasteiger charge is 2.19. The zero-order valence-corrected chi connectivity index (χ0v) is 14.6. The molecule has 0 fully saturated rings. The summed E-state index contributed by atoms with van der Waals surface area (Å²) in [5, 5.41) is 11.2. The van der Waals surface area contributed by atoms with Gasteiger partial charge in [-0.2, -0.15) is 0 Å². The fourth-order valence-corrected chi connectivity index (χ4v) is 4.88. The lowest BCUT2D eigenvalue weighted by atomic mass is 10.1. The van der Waals surface area contributed by atoms with Gasteiger partial charge in [0, 0.05) is 15.6 Å². The number of fused-ring (bicyclic) bond motifs is 1. The van der Waals surface area contributed by atoms with Gasteiger partial charge < -0.3 is 5.11 Å². The smallest absolute Gasteiger partial charge is 0.271 e. The highest BCUT2D eigenvalue weighted by atomic mass is 35.5. The predicted molar refractivity (Wildman–Crippen MR) is 95.1 cm³/mol. The van der Waals surface area contributed by atoms with Crippen LogP contribution in [0.25, 0.3) is 10.8 Å². The van der Waals surface area contributed by atoms with E-state index < -0.39 is 10.0 Å². The molecule has 23 heavy (non-hydrogen) atoms. The molecule has 1 heterocycles. The van der Waals surface area contributed by atoms with Crippen LogP contribution in [0.5, 0.6) is 5.75 Å². The Kier molecular flexibility index (Phi) is 4.23. The van der Waals surface area contributed by atoms with Crippen molar-refractivity contribution in [2.75, 3.05) is 4.72 Å². The second kappa shape index (κ2) is 6.03. The highest BCUT2D eigenvalue weighted by molar-refractivity contribution is 7.94. The Morgan fingerprint density at radius 2 is 1.87 bits per heavy atom. The molecule has 0 radical (unpaired) electrons. The molecule has 0 spiro atoms. The topological polar surface area (TPSA) is 66.4 Å². The molecular weight excluding hydrogens is 354 g/mol. The molecule has 2 aromatic carbocycles. The molecule has 0 unspecified atom stereocenters. The predicted octanol–water partition coefficient (Wildman–Crippen LogP) is 4.62. The van der Waals surface area contributed by atoms with Crippen LogP contribution >= 0.6 is 22.9 Å². The van der Waals surface area contributed by atoms with E-state index in [0.717, 1.165) is 11.3 Å². The van der Waals surface area contributed by atoms with E-state index in [1.54, 1.807) is 36.4 Å². The van der Waals surface area contributed by atoms with Gasteiger partial charge in [-0.25, -0.2) is 8.42 Å². The molecule has 0 saturated heterocycles. The van der Waals surface area contributed by atoms with E-state index in [9.17, 15) is 13.5 Å². The Morgan fingerprint density at radius 3 is 2.52 bits per heavy atom. The third-order valence-electron chi connectivity index (χ3n) is 3.46. The molecule has 120 valence electrons. The van der Waals surface area contributed by atoms with Gasteiger partial charge in [0.1, 0.15) is 9.96 Å². The van der Waals surface area contributed by atoms with Crippen molar-refractivity contribution in [1.29, 1.82) is 0 Å².